The van der Waals surface area contributed by atoms with Crippen molar-refractivity contribution in [1.82, 2.24) is 0 Å². The molecule has 4 unspecified atom stereocenters. The van der Waals surface area contributed by atoms with Crippen LogP contribution >= 0.6 is 0 Å². The lowest BCUT2D eigenvalue weighted by Gasteiger charge is -2.42. The summed E-state index contributed by atoms with van der Waals surface area (Å²) in [6.45, 7) is 11.3. The maximum atomic E-state index is 12.4. The first-order valence-electron chi connectivity index (χ1n) is 9.73. The van der Waals surface area contributed by atoms with E-state index in [1.54, 1.807) is 45.9 Å². The molecule has 29 heavy (non-hydrogen) atoms. The van der Waals surface area contributed by atoms with E-state index in [-0.39, 0.29) is 5.92 Å². The van der Waals surface area contributed by atoms with Crippen LogP contribution in [0.3, 0.4) is 0 Å². The number of carbonyl (C=O) groups is 3. The Kier molecular flexibility index (Phi) is 9.30. The molecule has 0 spiro atoms. The summed E-state index contributed by atoms with van der Waals surface area (Å²) >= 11 is 0. The van der Waals surface area contributed by atoms with Gasteiger partial charge in [-0.25, -0.2) is 9.59 Å². The van der Waals surface area contributed by atoms with Crippen LogP contribution in [0.15, 0.2) is 34.9 Å². The SMILES string of the molecule is CC=C(C)C(=O)OC1C=C(CO)C(OC(=O)C(C)=CC)C(OC(C)=O)C1C(C)C. The van der Waals surface area contributed by atoms with Gasteiger partial charge in [0.25, 0.3) is 0 Å². The molecule has 0 aromatic heterocycles. The van der Waals surface area contributed by atoms with Crippen LogP contribution in [0.5, 0.6) is 0 Å². The first-order valence-corrected chi connectivity index (χ1v) is 9.73. The van der Waals surface area contributed by atoms with E-state index in [1.807, 2.05) is 13.8 Å². The third kappa shape index (κ3) is 6.29. The summed E-state index contributed by atoms with van der Waals surface area (Å²) in [4.78, 5) is 36.5. The van der Waals surface area contributed by atoms with E-state index in [0.29, 0.717) is 16.7 Å². The molecule has 1 N–H and O–H groups in total. The van der Waals surface area contributed by atoms with E-state index in [1.165, 1.54) is 6.92 Å². The van der Waals surface area contributed by atoms with Crippen molar-refractivity contribution in [3.63, 3.8) is 0 Å². The second-order valence-electron chi connectivity index (χ2n) is 7.43. The number of ether oxygens (including phenoxy) is 3. The van der Waals surface area contributed by atoms with Crippen LogP contribution < -0.4 is 0 Å². The number of hydrogen-bond donors (Lipinski definition) is 1. The Morgan fingerprint density at radius 2 is 1.52 bits per heavy atom. The molecule has 0 saturated carbocycles. The van der Waals surface area contributed by atoms with Gasteiger partial charge in [-0.1, -0.05) is 26.0 Å². The molecule has 0 saturated heterocycles. The predicted molar refractivity (Wildman–Crippen MR) is 108 cm³/mol. The molecule has 0 bridgehead atoms. The van der Waals surface area contributed by atoms with Crippen molar-refractivity contribution < 1.29 is 33.7 Å². The van der Waals surface area contributed by atoms with Gasteiger partial charge in [-0.3, -0.25) is 4.79 Å². The van der Waals surface area contributed by atoms with Crippen molar-refractivity contribution in [2.45, 2.75) is 66.8 Å². The Balaban J connectivity index is 3.43. The molecular weight excluding hydrogens is 376 g/mol. The van der Waals surface area contributed by atoms with Crippen LogP contribution in [0.1, 0.15) is 48.5 Å². The molecule has 0 aromatic carbocycles. The Bertz CT molecular complexity index is 715. The first kappa shape index (κ1) is 24.6. The van der Waals surface area contributed by atoms with Gasteiger partial charge in [-0.2, -0.15) is 0 Å². The quantitative estimate of drug-likeness (QED) is 0.299. The Morgan fingerprint density at radius 3 is 1.93 bits per heavy atom. The molecule has 1 aliphatic carbocycles. The van der Waals surface area contributed by atoms with E-state index < -0.39 is 48.7 Å². The highest BCUT2D eigenvalue weighted by Crippen LogP contribution is 2.36. The number of allylic oxidation sites excluding steroid dienone is 2. The maximum absolute atomic E-state index is 12.4. The maximum Gasteiger partial charge on any atom is 0.334 e. The lowest BCUT2D eigenvalue weighted by atomic mass is 9.76. The zero-order chi connectivity index (χ0) is 22.3. The summed E-state index contributed by atoms with van der Waals surface area (Å²) in [6, 6.07) is 0. The minimum absolute atomic E-state index is 0.0800. The molecule has 162 valence electrons. The number of carbonyl (C=O) groups excluding carboxylic acids is 3. The fraction of sp³-hybridized carbons (Fsp3) is 0.591. The highest BCUT2D eigenvalue weighted by Gasteiger charge is 2.47. The molecular formula is C22H32O7. The Hall–Kier alpha value is -2.41. The van der Waals surface area contributed by atoms with Crippen LogP contribution in [0.25, 0.3) is 0 Å². The van der Waals surface area contributed by atoms with Gasteiger partial charge in [0.05, 0.1) is 6.61 Å². The molecule has 1 aliphatic rings. The van der Waals surface area contributed by atoms with Crippen LogP contribution in [0.4, 0.5) is 0 Å². The molecule has 4 atom stereocenters. The third-order valence-electron chi connectivity index (χ3n) is 5.04. The normalized spacial score (nSPS) is 25.3. The largest absolute Gasteiger partial charge is 0.458 e. The average molecular weight is 408 g/mol. The van der Waals surface area contributed by atoms with E-state index in [4.69, 9.17) is 14.2 Å². The fourth-order valence-corrected chi connectivity index (χ4v) is 3.17. The standard InChI is InChI=1S/C22H32O7/c1-8-13(5)21(25)28-17-10-16(11-23)19(29-22(26)14(6)9-2)20(27-15(7)24)18(17)12(3)4/h8-10,12,17-20,23H,11H2,1-7H3. The lowest BCUT2D eigenvalue weighted by Crippen LogP contribution is -2.52. The Labute approximate surface area is 172 Å². The van der Waals surface area contributed by atoms with Crippen molar-refractivity contribution in [3.8, 4) is 0 Å². The molecule has 0 aromatic rings. The number of rotatable bonds is 7. The minimum Gasteiger partial charge on any atom is -0.458 e. The van der Waals surface area contributed by atoms with Crippen LogP contribution in [-0.2, 0) is 28.6 Å². The van der Waals surface area contributed by atoms with Gasteiger partial charge < -0.3 is 19.3 Å². The smallest absolute Gasteiger partial charge is 0.334 e. The van der Waals surface area contributed by atoms with E-state index >= 15 is 0 Å². The number of aliphatic hydroxyl groups excluding tert-OH is 1. The van der Waals surface area contributed by atoms with Crippen molar-refractivity contribution in [3.05, 3.63) is 34.9 Å². The summed E-state index contributed by atoms with van der Waals surface area (Å²) in [5, 5.41) is 9.89. The topological polar surface area (TPSA) is 99.1 Å². The van der Waals surface area contributed by atoms with Crippen LogP contribution in [0, 0.1) is 11.8 Å². The molecule has 7 nitrogen and oxygen atoms in total. The van der Waals surface area contributed by atoms with Crippen molar-refractivity contribution >= 4 is 17.9 Å². The zero-order valence-electron chi connectivity index (χ0n) is 18.2. The molecule has 0 radical (unpaired) electrons. The summed E-state index contributed by atoms with van der Waals surface area (Å²) in [6.07, 6.45) is 2.21. The molecule has 7 heteroatoms. The Morgan fingerprint density at radius 1 is 1.00 bits per heavy atom. The average Bonchev–Trinajstić information content (AvgIpc) is 2.66. The van der Waals surface area contributed by atoms with Gasteiger partial charge >= 0.3 is 17.9 Å². The van der Waals surface area contributed by atoms with Gasteiger partial charge in [-0.05, 0) is 45.3 Å². The van der Waals surface area contributed by atoms with Gasteiger partial charge in [0.1, 0.15) is 12.2 Å². The van der Waals surface area contributed by atoms with Crippen molar-refractivity contribution in [2.75, 3.05) is 6.61 Å². The van der Waals surface area contributed by atoms with Gasteiger partial charge in [0.2, 0.25) is 0 Å². The first-order chi connectivity index (χ1) is 13.6. The molecule has 0 amide bonds. The molecule has 0 fully saturated rings. The number of hydrogen-bond acceptors (Lipinski definition) is 7. The van der Waals surface area contributed by atoms with Crippen molar-refractivity contribution in [2.24, 2.45) is 11.8 Å². The van der Waals surface area contributed by atoms with E-state index in [9.17, 15) is 19.5 Å². The second kappa shape index (κ2) is 11.0. The van der Waals surface area contributed by atoms with Gasteiger partial charge in [0.15, 0.2) is 6.10 Å². The van der Waals surface area contributed by atoms with E-state index in [2.05, 4.69) is 0 Å². The van der Waals surface area contributed by atoms with Crippen LogP contribution in [-0.4, -0.2) is 47.9 Å². The van der Waals surface area contributed by atoms with Gasteiger partial charge in [0, 0.05) is 24.0 Å². The van der Waals surface area contributed by atoms with E-state index in [0.717, 1.165) is 0 Å². The zero-order valence-corrected chi connectivity index (χ0v) is 18.2. The summed E-state index contributed by atoms with van der Waals surface area (Å²) < 4.78 is 16.8. The summed E-state index contributed by atoms with van der Waals surface area (Å²) in [5.41, 5.74) is 1.15. The summed E-state index contributed by atoms with van der Waals surface area (Å²) in [7, 11) is 0. The number of aliphatic hydroxyl groups is 1. The van der Waals surface area contributed by atoms with Crippen molar-refractivity contribution in [1.29, 1.82) is 0 Å². The monoisotopic (exact) mass is 408 g/mol. The molecule has 1 rings (SSSR count). The minimum atomic E-state index is -0.975. The lowest BCUT2D eigenvalue weighted by molar-refractivity contribution is -0.177. The second-order valence-corrected chi connectivity index (χ2v) is 7.43. The summed E-state index contributed by atoms with van der Waals surface area (Å²) in [5.74, 6) is -2.18. The predicted octanol–water partition coefficient (Wildman–Crippen LogP) is 2.88. The highest BCUT2D eigenvalue weighted by atomic mass is 16.6. The molecule has 0 aliphatic heterocycles. The number of esters is 3. The molecule has 0 heterocycles. The van der Waals surface area contributed by atoms with Crippen LogP contribution in [0.2, 0.25) is 0 Å². The third-order valence-corrected chi connectivity index (χ3v) is 5.04. The van der Waals surface area contributed by atoms with Gasteiger partial charge in [-0.15, -0.1) is 0 Å². The highest BCUT2D eigenvalue weighted by molar-refractivity contribution is 5.88. The fourth-order valence-electron chi connectivity index (χ4n) is 3.17.